The lowest BCUT2D eigenvalue weighted by Crippen LogP contribution is -2.53. The van der Waals surface area contributed by atoms with E-state index in [1.807, 2.05) is 40.7 Å². The van der Waals surface area contributed by atoms with Crippen LogP contribution in [-0.2, 0) is 19.2 Å². The lowest BCUT2D eigenvalue weighted by atomic mass is 10.0. The number of carbonyl (C=O) groups excluding carboxylic acids is 3. The second kappa shape index (κ2) is 10.7. The topological polar surface area (TPSA) is 130 Å². The van der Waals surface area contributed by atoms with Gasteiger partial charge in [0, 0.05) is 5.69 Å². The quantitative estimate of drug-likeness (QED) is 0.435. The molecule has 0 heterocycles. The molecule has 0 saturated carbocycles. The molecule has 0 unspecified atom stereocenters. The molecular formula is C21H30N4O5. The van der Waals surface area contributed by atoms with Gasteiger partial charge in [0.25, 0.3) is 0 Å². The zero-order valence-corrected chi connectivity index (χ0v) is 18.5. The SMILES string of the molecule is COC(=O)c1ccc(NC(=O)[C@H](C)NC(=O)[C@@H](NOC(C)(C)C)C(C)C)cc1C#N. The number of hydrogen-bond donors (Lipinski definition) is 3. The Morgan fingerprint density at radius 1 is 1.10 bits per heavy atom. The summed E-state index contributed by atoms with van der Waals surface area (Å²) < 4.78 is 4.62. The van der Waals surface area contributed by atoms with Gasteiger partial charge in [0.05, 0.1) is 23.8 Å². The minimum absolute atomic E-state index is 0.0692. The number of anilines is 1. The number of nitriles is 1. The number of rotatable bonds is 8. The van der Waals surface area contributed by atoms with Gasteiger partial charge in [0.15, 0.2) is 0 Å². The number of ether oxygens (including phenoxy) is 1. The van der Waals surface area contributed by atoms with Crippen LogP contribution in [0.25, 0.3) is 0 Å². The van der Waals surface area contributed by atoms with E-state index in [-0.39, 0.29) is 23.0 Å². The van der Waals surface area contributed by atoms with E-state index in [0.717, 1.165) is 0 Å². The van der Waals surface area contributed by atoms with Crippen molar-refractivity contribution in [2.24, 2.45) is 5.92 Å². The van der Waals surface area contributed by atoms with E-state index in [4.69, 9.17) is 4.84 Å². The van der Waals surface area contributed by atoms with Crippen molar-refractivity contribution < 1.29 is 24.0 Å². The van der Waals surface area contributed by atoms with Crippen LogP contribution in [0, 0.1) is 17.2 Å². The number of carbonyl (C=O) groups is 3. The Bertz CT molecular complexity index is 824. The highest BCUT2D eigenvalue weighted by Crippen LogP contribution is 2.17. The lowest BCUT2D eigenvalue weighted by molar-refractivity contribution is -0.139. The molecule has 0 aliphatic heterocycles. The molecule has 0 aromatic heterocycles. The van der Waals surface area contributed by atoms with Crippen molar-refractivity contribution in [3.8, 4) is 6.07 Å². The second-order valence-electron chi connectivity index (χ2n) is 8.14. The lowest BCUT2D eigenvalue weighted by Gasteiger charge is -2.27. The highest BCUT2D eigenvalue weighted by molar-refractivity contribution is 5.99. The molecule has 1 aromatic rings. The number of nitrogens with one attached hydrogen (secondary N) is 3. The number of hydroxylamine groups is 1. The van der Waals surface area contributed by atoms with Crippen LogP contribution in [0.1, 0.15) is 57.5 Å². The fourth-order valence-electron chi connectivity index (χ4n) is 2.35. The predicted molar refractivity (Wildman–Crippen MR) is 111 cm³/mol. The van der Waals surface area contributed by atoms with Crippen LogP contribution in [-0.4, -0.2) is 42.6 Å². The third-order valence-electron chi connectivity index (χ3n) is 4.01. The number of esters is 1. The van der Waals surface area contributed by atoms with Gasteiger partial charge in [0.1, 0.15) is 18.2 Å². The van der Waals surface area contributed by atoms with Crippen molar-refractivity contribution in [3.63, 3.8) is 0 Å². The fourth-order valence-corrected chi connectivity index (χ4v) is 2.35. The van der Waals surface area contributed by atoms with Crippen LogP contribution in [0.15, 0.2) is 18.2 Å². The van der Waals surface area contributed by atoms with Crippen molar-refractivity contribution in [2.45, 2.75) is 59.2 Å². The largest absolute Gasteiger partial charge is 0.465 e. The third kappa shape index (κ3) is 7.46. The molecule has 0 radical (unpaired) electrons. The molecule has 9 heteroatoms. The van der Waals surface area contributed by atoms with E-state index >= 15 is 0 Å². The molecular weight excluding hydrogens is 388 g/mol. The maximum atomic E-state index is 12.6. The number of methoxy groups -OCH3 is 1. The maximum absolute atomic E-state index is 12.6. The first kappa shape index (κ1) is 25.1. The Morgan fingerprint density at radius 3 is 2.23 bits per heavy atom. The van der Waals surface area contributed by atoms with Gasteiger partial charge in [-0.05, 0) is 51.8 Å². The van der Waals surface area contributed by atoms with E-state index in [0.29, 0.717) is 5.69 Å². The van der Waals surface area contributed by atoms with E-state index in [9.17, 15) is 19.6 Å². The number of amides is 2. The summed E-state index contributed by atoms with van der Waals surface area (Å²) in [6.07, 6.45) is 0. The smallest absolute Gasteiger partial charge is 0.339 e. The van der Waals surface area contributed by atoms with E-state index in [1.54, 1.807) is 6.92 Å². The molecule has 0 aliphatic rings. The zero-order valence-electron chi connectivity index (χ0n) is 18.5. The predicted octanol–water partition coefficient (Wildman–Crippen LogP) is 2.13. The zero-order chi connectivity index (χ0) is 23.1. The average molecular weight is 418 g/mol. The summed E-state index contributed by atoms with van der Waals surface area (Å²) in [5.74, 6) is -1.57. The van der Waals surface area contributed by atoms with Crippen LogP contribution in [0.5, 0.6) is 0 Å². The molecule has 164 valence electrons. The molecule has 30 heavy (non-hydrogen) atoms. The Labute approximate surface area is 177 Å². The molecule has 0 spiro atoms. The van der Waals surface area contributed by atoms with Gasteiger partial charge in [-0.3, -0.25) is 14.4 Å². The highest BCUT2D eigenvalue weighted by Gasteiger charge is 2.27. The molecule has 0 aliphatic carbocycles. The van der Waals surface area contributed by atoms with E-state index in [1.165, 1.54) is 25.3 Å². The summed E-state index contributed by atoms with van der Waals surface area (Å²) in [4.78, 5) is 42.2. The molecule has 2 amide bonds. The molecule has 3 N–H and O–H groups in total. The maximum Gasteiger partial charge on any atom is 0.339 e. The van der Waals surface area contributed by atoms with E-state index < -0.39 is 29.6 Å². The molecule has 9 nitrogen and oxygen atoms in total. The first-order chi connectivity index (χ1) is 13.9. The molecule has 1 aromatic carbocycles. The van der Waals surface area contributed by atoms with Gasteiger partial charge in [0.2, 0.25) is 11.8 Å². The average Bonchev–Trinajstić information content (AvgIpc) is 2.65. The van der Waals surface area contributed by atoms with Gasteiger partial charge in [-0.1, -0.05) is 13.8 Å². The van der Waals surface area contributed by atoms with Crippen molar-refractivity contribution >= 4 is 23.5 Å². The number of benzene rings is 1. The third-order valence-corrected chi connectivity index (χ3v) is 4.01. The summed E-state index contributed by atoms with van der Waals surface area (Å²) in [5, 5.41) is 14.5. The van der Waals surface area contributed by atoms with Gasteiger partial charge < -0.3 is 15.4 Å². The summed E-state index contributed by atoms with van der Waals surface area (Å²) in [6, 6.07) is 4.65. The second-order valence-corrected chi connectivity index (χ2v) is 8.14. The molecule has 1 rings (SSSR count). The highest BCUT2D eigenvalue weighted by atomic mass is 16.7. The molecule has 2 atom stereocenters. The Hall–Kier alpha value is -2.96. The van der Waals surface area contributed by atoms with Gasteiger partial charge in [-0.25, -0.2) is 4.79 Å². The van der Waals surface area contributed by atoms with Crippen molar-refractivity contribution in [1.29, 1.82) is 5.26 Å². The first-order valence-corrected chi connectivity index (χ1v) is 9.56. The van der Waals surface area contributed by atoms with Crippen molar-refractivity contribution in [3.05, 3.63) is 29.3 Å². The van der Waals surface area contributed by atoms with Crippen LogP contribution >= 0.6 is 0 Å². The number of nitrogens with zero attached hydrogens (tertiary/aromatic N) is 1. The Kier molecular flexibility index (Phi) is 8.95. The van der Waals surface area contributed by atoms with Gasteiger partial charge >= 0.3 is 5.97 Å². The van der Waals surface area contributed by atoms with E-state index in [2.05, 4.69) is 20.9 Å². The van der Waals surface area contributed by atoms with Crippen molar-refractivity contribution in [1.82, 2.24) is 10.8 Å². The molecule has 0 bridgehead atoms. The fraction of sp³-hybridized carbons (Fsp3) is 0.524. The standard InChI is InChI=1S/C21H30N4O5/c1-12(2)17(25-30-21(4,5)6)19(27)23-13(3)18(26)24-15-8-9-16(20(28)29-7)14(10-15)11-22/h8-10,12-13,17,25H,1-7H3,(H,23,27)(H,24,26)/t13-,17-/m0/s1. The Balaban J connectivity index is 2.81. The van der Waals surface area contributed by atoms with Crippen LogP contribution in [0.4, 0.5) is 5.69 Å². The monoisotopic (exact) mass is 418 g/mol. The van der Waals surface area contributed by atoms with Crippen LogP contribution < -0.4 is 16.1 Å². The summed E-state index contributed by atoms with van der Waals surface area (Å²) in [7, 11) is 1.22. The van der Waals surface area contributed by atoms with Crippen LogP contribution in [0.2, 0.25) is 0 Å². The summed E-state index contributed by atoms with van der Waals surface area (Å²) in [6.45, 7) is 10.8. The number of hydrogen-bond acceptors (Lipinski definition) is 7. The Morgan fingerprint density at radius 2 is 1.73 bits per heavy atom. The first-order valence-electron chi connectivity index (χ1n) is 9.56. The minimum atomic E-state index is -0.846. The van der Waals surface area contributed by atoms with Gasteiger partial charge in [-0.15, -0.1) is 0 Å². The summed E-state index contributed by atoms with van der Waals surface area (Å²) in [5.41, 5.74) is 2.78. The molecule has 0 saturated heterocycles. The van der Waals surface area contributed by atoms with Crippen molar-refractivity contribution in [2.75, 3.05) is 12.4 Å². The summed E-state index contributed by atoms with van der Waals surface area (Å²) >= 11 is 0. The molecule has 0 fully saturated rings. The van der Waals surface area contributed by atoms with Gasteiger partial charge in [-0.2, -0.15) is 10.7 Å². The van der Waals surface area contributed by atoms with Crippen LogP contribution in [0.3, 0.4) is 0 Å². The minimum Gasteiger partial charge on any atom is -0.465 e. The normalized spacial score (nSPS) is 13.2.